The molecule has 0 atom stereocenters. The number of carbonyl (C=O) groups excluding carboxylic acids is 1. The van der Waals surface area contributed by atoms with Crippen molar-refractivity contribution in [2.24, 2.45) is 0 Å². The minimum Gasteiger partial charge on any atom is -0.324 e. The Hall–Kier alpha value is -4.06. The van der Waals surface area contributed by atoms with Crippen LogP contribution < -0.4 is 10.6 Å². The summed E-state index contributed by atoms with van der Waals surface area (Å²) in [6.07, 6.45) is 3.33. The van der Waals surface area contributed by atoms with Crippen LogP contribution in [-0.4, -0.2) is 15.9 Å². The Morgan fingerprint density at radius 2 is 1.53 bits per heavy atom. The second-order valence-electron chi connectivity index (χ2n) is 6.83. The maximum Gasteiger partial charge on any atom is 0.255 e. The molecule has 6 heteroatoms. The molecule has 0 unspecified atom stereocenters. The van der Waals surface area contributed by atoms with Gasteiger partial charge in [0.15, 0.2) is 0 Å². The lowest BCUT2D eigenvalue weighted by atomic mass is 10.1. The van der Waals surface area contributed by atoms with Gasteiger partial charge in [-0.15, -0.1) is 0 Å². The molecule has 148 valence electrons. The molecule has 4 aromatic rings. The zero-order valence-electron chi connectivity index (χ0n) is 16.3. The molecule has 0 aliphatic heterocycles. The summed E-state index contributed by atoms with van der Waals surface area (Å²) < 4.78 is 13.1. The monoisotopic (exact) mass is 398 g/mol. The molecule has 1 amide bonds. The molecule has 0 aliphatic carbocycles. The van der Waals surface area contributed by atoms with E-state index in [9.17, 15) is 9.18 Å². The van der Waals surface area contributed by atoms with Crippen molar-refractivity contribution in [1.29, 1.82) is 0 Å². The van der Waals surface area contributed by atoms with Gasteiger partial charge >= 0.3 is 0 Å². The van der Waals surface area contributed by atoms with Crippen LogP contribution in [0.3, 0.4) is 0 Å². The van der Waals surface area contributed by atoms with Crippen molar-refractivity contribution in [2.75, 3.05) is 10.6 Å². The van der Waals surface area contributed by atoms with E-state index in [0.717, 1.165) is 22.4 Å². The predicted octanol–water partition coefficient (Wildman–Crippen LogP) is 5.59. The van der Waals surface area contributed by atoms with Crippen LogP contribution in [0.15, 0.2) is 85.2 Å². The lowest BCUT2D eigenvalue weighted by molar-refractivity contribution is 0.102. The van der Waals surface area contributed by atoms with Gasteiger partial charge in [0, 0.05) is 34.9 Å². The number of nitrogens with one attached hydrogen (secondary N) is 2. The summed E-state index contributed by atoms with van der Waals surface area (Å²) in [4.78, 5) is 21.2. The SMILES string of the molecule is Cc1cccc(NC(=O)c2cccc(Nc3ncc(-c4ccc(F)cc4)cn3)c2)c1. The number of aromatic nitrogens is 2. The first-order chi connectivity index (χ1) is 14.6. The van der Waals surface area contributed by atoms with Crippen LogP contribution in [0.2, 0.25) is 0 Å². The summed E-state index contributed by atoms with van der Waals surface area (Å²) in [5.74, 6) is -0.0850. The highest BCUT2D eigenvalue weighted by Crippen LogP contribution is 2.20. The molecule has 3 aromatic carbocycles. The van der Waals surface area contributed by atoms with Crippen LogP contribution in [-0.2, 0) is 0 Å². The topological polar surface area (TPSA) is 66.9 Å². The van der Waals surface area contributed by atoms with Gasteiger partial charge < -0.3 is 10.6 Å². The summed E-state index contributed by atoms with van der Waals surface area (Å²) >= 11 is 0. The van der Waals surface area contributed by atoms with Crippen molar-refractivity contribution in [3.05, 3.63) is 102 Å². The minimum absolute atomic E-state index is 0.197. The molecule has 2 N–H and O–H groups in total. The van der Waals surface area contributed by atoms with Gasteiger partial charge in [0.25, 0.3) is 5.91 Å². The van der Waals surface area contributed by atoms with Crippen molar-refractivity contribution < 1.29 is 9.18 Å². The highest BCUT2D eigenvalue weighted by molar-refractivity contribution is 6.04. The molecular weight excluding hydrogens is 379 g/mol. The smallest absolute Gasteiger partial charge is 0.255 e. The average Bonchev–Trinajstić information content (AvgIpc) is 2.75. The highest BCUT2D eigenvalue weighted by Gasteiger charge is 2.08. The Kier molecular flexibility index (Phi) is 5.48. The van der Waals surface area contributed by atoms with Crippen LogP contribution in [0.25, 0.3) is 11.1 Å². The zero-order valence-corrected chi connectivity index (χ0v) is 16.3. The van der Waals surface area contributed by atoms with Crippen LogP contribution >= 0.6 is 0 Å². The fourth-order valence-corrected chi connectivity index (χ4v) is 2.98. The number of aryl methyl sites for hydroxylation is 1. The Balaban J connectivity index is 1.46. The Morgan fingerprint density at radius 3 is 2.27 bits per heavy atom. The van der Waals surface area contributed by atoms with Gasteiger partial charge in [0.2, 0.25) is 5.95 Å². The summed E-state index contributed by atoms with van der Waals surface area (Å²) in [6.45, 7) is 1.97. The Morgan fingerprint density at radius 1 is 0.833 bits per heavy atom. The minimum atomic E-state index is -0.288. The number of anilines is 3. The summed E-state index contributed by atoms with van der Waals surface area (Å²) in [5.41, 5.74) is 4.65. The average molecular weight is 398 g/mol. The first kappa shape index (κ1) is 19.3. The van der Waals surface area contributed by atoms with Gasteiger partial charge in [-0.05, 0) is 60.5 Å². The third kappa shape index (κ3) is 4.67. The van der Waals surface area contributed by atoms with Crippen LogP contribution in [0.5, 0.6) is 0 Å². The van der Waals surface area contributed by atoms with Gasteiger partial charge in [-0.25, -0.2) is 14.4 Å². The number of carbonyl (C=O) groups is 1. The molecule has 5 nitrogen and oxygen atoms in total. The number of hydrogen-bond acceptors (Lipinski definition) is 4. The maximum absolute atomic E-state index is 13.1. The summed E-state index contributed by atoms with van der Waals surface area (Å²) in [6, 6.07) is 20.9. The lowest BCUT2D eigenvalue weighted by Gasteiger charge is -2.09. The maximum atomic E-state index is 13.1. The molecule has 0 bridgehead atoms. The van der Waals surface area contributed by atoms with Crippen molar-refractivity contribution in [1.82, 2.24) is 9.97 Å². The number of amides is 1. The van der Waals surface area contributed by atoms with Gasteiger partial charge in [0.05, 0.1) is 0 Å². The van der Waals surface area contributed by atoms with Crippen molar-refractivity contribution in [3.8, 4) is 11.1 Å². The van der Waals surface area contributed by atoms with Crippen molar-refractivity contribution in [3.63, 3.8) is 0 Å². The van der Waals surface area contributed by atoms with Gasteiger partial charge in [-0.3, -0.25) is 4.79 Å². The molecule has 0 spiro atoms. The molecule has 0 aliphatic rings. The summed E-state index contributed by atoms with van der Waals surface area (Å²) in [7, 11) is 0. The Labute approximate surface area is 173 Å². The number of rotatable bonds is 5. The van der Waals surface area contributed by atoms with Gasteiger partial charge in [-0.2, -0.15) is 0 Å². The zero-order chi connectivity index (χ0) is 20.9. The fourth-order valence-electron chi connectivity index (χ4n) is 2.98. The quantitative estimate of drug-likeness (QED) is 0.460. The molecule has 0 fully saturated rings. The Bertz CT molecular complexity index is 1170. The standard InChI is InChI=1S/C24H19FN4O/c1-16-4-2-6-21(12-16)28-23(30)18-5-3-7-22(13-18)29-24-26-14-19(15-27-24)17-8-10-20(25)11-9-17/h2-15H,1H3,(H,28,30)(H,26,27,29). The normalized spacial score (nSPS) is 10.5. The lowest BCUT2D eigenvalue weighted by Crippen LogP contribution is -2.12. The number of benzene rings is 3. The molecule has 30 heavy (non-hydrogen) atoms. The first-order valence-electron chi connectivity index (χ1n) is 9.40. The second-order valence-corrected chi connectivity index (χ2v) is 6.83. The number of halogens is 1. The van der Waals surface area contributed by atoms with Crippen LogP contribution in [0.4, 0.5) is 21.7 Å². The fraction of sp³-hybridized carbons (Fsp3) is 0.0417. The number of nitrogens with zero attached hydrogens (tertiary/aromatic N) is 2. The molecule has 4 rings (SSSR count). The molecule has 0 saturated carbocycles. The van der Waals surface area contributed by atoms with Crippen LogP contribution in [0, 0.1) is 12.7 Å². The van der Waals surface area contributed by atoms with E-state index < -0.39 is 0 Å². The van der Waals surface area contributed by atoms with E-state index in [1.54, 1.807) is 42.7 Å². The number of hydrogen-bond donors (Lipinski definition) is 2. The van der Waals surface area contributed by atoms with Crippen molar-refractivity contribution >= 4 is 23.2 Å². The highest BCUT2D eigenvalue weighted by atomic mass is 19.1. The largest absolute Gasteiger partial charge is 0.324 e. The molecule has 0 radical (unpaired) electrons. The molecular formula is C24H19FN4O. The van der Waals surface area contributed by atoms with Crippen LogP contribution in [0.1, 0.15) is 15.9 Å². The molecule has 1 heterocycles. The molecule has 1 aromatic heterocycles. The van der Waals surface area contributed by atoms with E-state index >= 15 is 0 Å². The third-order valence-corrected chi connectivity index (χ3v) is 4.49. The second kappa shape index (κ2) is 8.53. The third-order valence-electron chi connectivity index (χ3n) is 4.49. The predicted molar refractivity (Wildman–Crippen MR) is 116 cm³/mol. The van der Waals surface area contributed by atoms with Gasteiger partial charge in [0.1, 0.15) is 5.82 Å². The van der Waals surface area contributed by atoms with Gasteiger partial charge in [-0.1, -0.05) is 30.3 Å². The van der Waals surface area contributed by atoms with E-state index in [1.807, 2.05) is 37.3 Å². The van der Waals surface area contributed by atoms with Crippen molar-refractivity contribution in [2.45, 2.75) is 6.92 Å². The first-order valence-corrected chi connectivity index (χ1v) is 9.40. The van der Waals surface area contributed by atoms with E-state index in [0.29, 0.717) is 17.2 Å². The van der Waals surface area contributed by atoms with E-state index in [1.165, 1.54) is 12.1 Å². The van der Waals surface area contributed by atoms with E-state index in [-0.39, 0.29) is 11.7 Å². The van der Waals surface area contributed by atoms with E-state index in [4.69, 9.17) is 0 Å². The summed E-state index contributed by atoms with van der Waals surface area (Å²) in [5, 5.41) is 5.99. The molecule has 0 saturated heterocycles. The van der Waals surface area contributed by atoms with E-state index in [2.05, 4.69) is 20.6 Å².